The third kappa shape index (κ3) is 3.16. The molecule has 134 valence electrons. The van der Waals surface area contributed by atoms with Gasteiger partial charge in [0.2, 0.25) is 15.9 Å². The van der Waals surface area contributed by atoms with Crippen LogP contribution >= 0.6 is 0 Å². The average Bonchev–Trinajstić information content (AvgIpc) is 3.17. The molecule has 1 N–H and O–H groups in total. The number of carbonyl (C=O) groups is 1. The Labute approximate surface area is 144 Å². The highest BCUT2D eigenvalue weighted by molar-refractivity contribution is 7.89. The zero-order valence-electron chi connectivity index (χ0n) is 13.8. The van der Waals surface area contributed by atoms with Gasteiger partial charge in [0.1, 0.15) is 22.4 Å². The van der Waals surface area contributed by atoms with Gasteiger partial charge in [0.15, 0.2) is 5.76 Å². The summed E-state index contributed by atoms with van der Waals surface area (Å²) in [6.07, 6.45) is 0.904. The Kier molecular flexibility index (Phi) is 4.61. The maximum atomic E-state index is 13.7. The molecule has 1 aromatic heterocycles. The molecule has 1 amide bonds. The van der Waals surface area contributed by atoms with Gasteiger partial charge in [-0.3, -0.25) is 4.79 Å². The minimum Gasteiger partial charge on any atom is -0.360 e. The number of hydrogen-bond acceptors (Lipinski definition) is 5. The smallest absolute Gasteiger partial charge is 0.249 e. The Morgan fingerprint density at radius 2 is 2.08 bits per heavy atom. The molecule has 0 spiro atoms. The van der Waals surface area contributed by atoms with Crippen LogP contribution in [0.5, 0.6) is 0 Å². The standard InChI is InChI=1S/C16H18FN3O4S/c1-10-15(11(2)24-19-10)25(22,23)20-9-5-8-14(20)16(21)18-13-7-4-3-6-12(13)17/h3-4,6-7,14H,5,8-9H2,1-2H3,(H,18,21)/t14-/m1/s1. The van der Waals surface area contributed by atoms with Crippen LogP contribution in [-0.2, 0) is 14.8 Å². The number of para-hydroxylation sites is 1. The van der Waals surface area contributed by atoms with E-state index < -0.39 is 27.8 Å². The molecule has 1 fully saturated rings. The number of carbonyl (C=O) groups excluding carboxylic acids is 1. The highest BCUT2D eigenvalue weighted by atomic mass is 32.2. The first-order valence-corrected chi connectivity index (χ1v) is 9.26. The normalized spacial score (nSPS) is 18.4. The number of sulfonamides is 1. The molecule has 7 nitrogen and oxygen atoms in total. The molecule has 3 rings (SSSR count). The summed E-state index contributed by atoms with van der Waals surface area (Å²) in [5.41, 5.74) is 0.270. The number of aromatic nitrogens is 1. The molecule has 1 aromatic carbocycles. The van der Waals surface area contributed by atoms with E-state index in [9.17, 15) is 17.6 Å². The summed E-state index contributed by atoms with van der Waals surface area (Å²) < 4.78 is 45.7. The highest BCUT2D eigenvalue weighted by Crippen LogP contribution is 2.30. The number of nitrogens with one attached hydrogen (secondary N) is 1. The molecule has 1 saturated heterocycles. The zero-order valence-corrected chi connectivity index (χ0v) is 14.6. The lowest BCUT2D eigenvalue weighted by Crippen LogP contribution is -2.43. The number of rotatable bonds is 4. The Hall–Kier alpha value is -2.26. The number of hydrogen-bond donors (Lipinski definition) is 1. The Balaban J connectivity index is 1.88. The number of amides is 1. The first-order chi connectivity index (χ1) is 11.8. The Morgan fingerprint density at radius 3 is 2.72 bits per heavy atom. The van der Waals surface area contributed by atoms with Crippen molar-refractivity contribution in [2.45, 2.75) is 37.6 Å². The fraction of sp³-hybridized carbons (Fsp3) is 0.375. The molecule has 1 atom stereocenters. The number of nitrogens with zero attached hydrogens (tertiary/aromatic N) is 2. The van der Waals surface area contributed by atoms with Crippen molar-refractivity contribution in [1.29, 1.82) is 0 Å². The topological polar surface area (TPSA) is 92.5 Å². The lowest BCUT2D eigenvalue weighted by molar-refractivity contribution is -0.119. The summed E-state index contributed by atoms with van der Waals surface area (Å²) in [6, 6.07) is 4.84. The number of anilines is 1. The molecular formula is C16H18FN3O4S. The summed E-state index contributed by atoms with van der Waals surface area (Å²) in [4.78, 5) is 12.5. The van der Waals surface area contributed by atoms with Crippen molar-refractivity contribution in [1.82, 2.24) is 9.46 Å². The first kappa shape index (κ1) is 17.6. The monoisotopic (exact) mass is 367 g/mol. The second kappa shape index (κ2) is 6.57. The maximum absolute atomic E-state index is 13.7. The number of benzene rings is 1. The second-order valence-electron chi connectivity index (χ2n) is 5.90. The van der Waals surface area contributed by atoms with Crippen LogP contribution in [0.1, 0.15) is 24.3 Å². The van der Waals surface area contributed by atoms with E-state index in [0.717, 1.165) is 4.31 Å². The zero-order chi connectivity index (χ0) is 18.2. The van der Waals surface area contributed by atoms with Crippen LogP contribution in [0.15, 0.2) is 33.7 Å². The van der Waals surface area contributed by atoms with Gasteiger partial charge < -0.3 is 9.84 Å². The predicted molar refractivity (Wildman–Crippen MR) is 87.9 cm³/mol. The van der Waals surface area contributed by atoms with Crippen molar-refractivity contribution in [3.05, 3.63) is 41.5 Å². The molecule has 0 bridgehead atoms. The molecule has 2 heterocycles. The van der Waals surface area contributed by atoms with E-state index in [0.29, 0.717) is 12.8 Å². The summed E-state index contributed by atoms with van der Waals surface area (Å²) in [5, 5.41) is 6.14. The van der Waals surface area contributed by atoms with Crippen LogP contribution in [0.2, 0.25) is 0 Å². The molecular weight excluding hydrogens is 349 g/mol. The lowest BCUT2D eigenvalue weighted by Gasteiger charge is -2.23. The van der Waals surface area contributed by atoms with Gasteiger partial charge in [-0.2, -0.15) is 4.31 Å². The molecule has 2 aromatic rings. The van der Waals surface area contributed by atoms with Crippen LogP contribution in [-0.4, -0.2) is 36.4 Å². The predicted octanol–water partition coefficient (Wildman–Crippen LogP) is 2.22. The van der Waals surface area contributed by atoms with Crippen molar-refractivity contribution in [3.63, 3.8) is 0 Å². The van der Waals surface area contributed by atoms with E-state index in [1.807, 2.05) is 0 Å². The van der Waals surface area contributed by atoms with Gasteiger partial charge in [-0.05, 0) is 38.8 Å². The molecule has 25 heavy (non-hydrogen) atoms. The number of aryl methyl sites for hydroxylation is 2. The average molecular weight is 367 g/mol. The Morgan fingerprint density at radius 1 is 1.36 bits per heavy atom. The van der Waals surface area contributed by atoms with Gasteiger partial charge in [-0.25, -0.2) is 12.8 Å². The molecule has 0 unspecified atom stereocenters. The summed E-state index contributed by atoms with van der Waals surface area (Å²) in [6.45, 7) is 3.26. The maximum Gasteiger partial charge on any atom is 0.249 e. The minimum atomic E-state index is -3.93. The van der Waals surface area contributed by atoms with Gasteiger partial charge in [-0.1, -0.05) is 17.3 Å². The molecule has 0 radical (unpaired) electrons. The Bertz CT molecular complexity index is 890. The van der Waals surface area contributed by atoms with Crippen molar-refractivity contribution in [2.24, 2.45) is 0 Å². The van der Waals surface area contributed by atoms with Gasteiger partial charge in [0.25, 0.3) is 0 Å². The largest absolute Gasteiger partial charge is 0.360 e. The third-order valence-electron chi connectivity index (χ3n) is 4.17. The van der Waals surface area contributed by atoms with Crippen molar-refractivity contribution >= 4 is 21.6 Å². The van der Waals surface area contributed by atoms with Gasteiger partial charge in [-0.15, -0.1) is 0 Å². The van der Waals surface area contributed by atoms with Gasteiger partial charge in [0.05, 0.1) is 5.69 Å². The van der Waals surface area contributed by atoms with Crippen LogP contribution in [0.25, 0.3) is 0 Å². The fourth-order valence-electron chi connectivity index (χ4n) is 3.03. The number of halogens is 1. The van der Waals surface area contributed by atoms with Gasteiger partial charge >= 0.3 is 0 Å². The molecule has 1 aliphatic heterocycles. The molecule has 0 aliphatic carbocycles. The van der Waals surface area contributed by atoms with Gasteiger partial charge in [0, 0.05) is 6.54 Å². The molecule has 0 saturated carbocycles. The van der Waals surface area contributed by atoms with E-state index in [1.165, 1.54) is 32.0 Å². The van der Waals surface area contributed by atoms with Crippen LogP contribution in [0, 0.1) is 19.7 Å². The summed E-state index contributed by atoms with van der Waals surface area (Å²) in [5.74, 6) is -0.954. The lowest BCUT2D eigenvalue weighted by atomic mass is 10.2. The minimum absolute atomic E-state index is 0.0157. The van der Waals surface area contributed by atoms with Crippen LogP contribution < -0.4 is 5.32 Å². The van der Waals surface area contributed by atoms with E-state index in [-0.39, 0.29) is 28.6 Å². The summed E-state index contributed by atoms with van der Waals surface area (Å²) in [7, 11) is -3.93. The second-order valence-corrected chi connectivity index (χ2v) is 7.72. The molecule has 9 heteroatoms. The highest BCUT2D eigenvalue weighted by Gasteiger charge is 2.42. The van der Waals surface area contributed by atoms with Crippen LogP contribution in [0.4, 0.5) is 10.1 Å². The SMILES string of the molecule is Cc1noc(C)c1S(=O)(=O)N1CCC[C@@H]1C(=O)Nc1ccccc1F. The quantitative estimate of drug-likeness (QED) is 0.894. The fourth-order valence-corrected chi connectivity index (χ4v) is 4.98. The van der Waals surface area contributed by atoms with E-state index in [2.05, 4.69) is 10.5 Å². The van der Waals surface area contributed by atoms with Crippen LogP contribution in [0.3, 0.4) is 0 Å². The van der Waals surface area contributed by atoms with E-state index in [1.54, 1.807) is 6.07 Å². The van der Waals surface area contributed by atoms with E-state index in [4.69, 9.17) is 4.52 Å². The van der Waals surface area contributed by atoms with Crippen molar-refractivity contribution < 1.29 is 22.1 Å². The first-order valence-electron chi connectivity index (χ1n) is 7.82. The summed E-state index contributed by atoms with van der Waals surface area (Å²) >= 11 is 0. The van der Waals surface area contributed by atoms with Crippen molar-refractivity contribution in [2.75, 3.05) is 11.9 Å². The third-order valence-corrected chi connectivity index (χ3v) is 6.33. The van der Waals surface area contributed by atoms with Crippen molar-refractivity contribution in [3.8, 4) is 0 Å². The molecule has 1 aliphatic rings. The van der Waals surface area contributed by atoms with E-state index >= 15 is 0 Å².